The first-order chi connectivity index (χ1) is 13.6. The molecule has 0 radical (unpaired) electrons. The van der Waals surface area contributed by atoms with Gasteiger partial charge >= 0.3 is 5.69 Å². The third-order valence-corrected chi connectivity index (χ3v) is 5.98. The number of amides is 3. The topological polar surface area (TPSA) is 139 Å². The first-order valence-electron chi connectivity index (χ1n) is 9.03. The van der Waals surface area contributed by atoms with Gasteiger partial charge in [-0.15, -0.1) is 11.8 Å². The van der Waals surface area contributed by atoms with Crippen molar-refractivity contribution in [3.63, 3.8) is 0 Å². The quantitative estimate of drug-likeness (QED) is 0.384. The summed E-state index contributed by atoms with van der Waals surface area (Å²) in [5.41, 5.74) is 0.306. The van der Waals surface area contributed by atoms with Crippen molar-refractivity contribution < 1.29 is 19.3 Å². The Morgan fingerprint density at radius 1 is 1.41 bits per heavy atom. The first-order valence-corrected chi connectivity index (χ1v) is 10.1. The number of aromatic nitrogens is 2. The van der Waals surface area contributed by atoms with E-state index in [-0.39, 0.29) is 17.5 Å². The minimum absolute atomic E-state index is 0.266. The molecule has 11 nitrogen and oxygen atoms in total. The van der Waals surface area contributed by atoms with Crippen LogP contribution >= 0.6 is 11.8 Å². The van der Waals surface area contributed by atoms with Gasteiger partial charge in [-0.1, -0.05) is 13.8 Å². The second-order valence-corrected chi connectivity index (χ2v) is 8.49. The molecule has 156 valence electrons. The first kappa shape index (κ1) is 20.8. The molecule has 1 fully saturated rings. The highest BCUT2D eigenvalue weighted by Crippen LogP contribution is 2.40. The standard InChI is InChI=1S/C17H22N6O5S/c1-8(2)5-18-15(25)13-9(3)7-29-17-12(16(26)22(13)17)19-14(24)11-10(23(27)28)6-21(4)20-11/h6,8,12,17H,5,7H2,1-4H3,(H,18,25)(H,19,24)/t12-,17-/m1/s1. The van der Waals surface area contributed by atoms with Gasteiger partial charge in [-0.05, 0) is 18.4 Å². The summed E-state index contributed by atoms with van der Waals surface area (Å²) in [5, 5.41) is 19.8. The van der Waals surface area contributed by atoms with E-state index in [0.29, 0.717) is 18.0 Å². The molecule has 2 atom stereocenters. The van der Waals surface area contributed by atoms with Crippen LogP contribution in [0.5, 0.6) is 0 Å². The molecule has 3 heterocycles. The molecule has 3 rings (SSSR count). The zero-order valence-electron chi connectivity index (χ0n) is 16.5. The number of carbonyl (C=O) groups excluding carboxylic acids is 3. The van der Waals surface area contributed by atoms with E-state index in [1.54, 1.807) is 6.92 Å². The summed E-state index contributed by atoms with van der Waals surface area (Å²) in [6, 6.07) is -0.880. The molecule has 0 bridgehead atoms. The van der Waals surface area contributed by atoms with Gasteiger partial charge in [-0.25, -0.2) is 0 Å². The molecule has 2 aliphatic heterocycles. The van der Waals surface area contributed by atoms with Crippen molar-refractivity contribution in [2.45, 2.75) is 32.2 Å². The van der Waals surface area contributed by atoms with Gasteiger partial charge in [0.15, 0.2) is 0 Å². The van der Waals surface area contributed by atoms with E-state index < -0.39 is 33.8 Å². The summed E-state index contributed by atoms with van der Waals surface area (Å²) in [4.78, 5) is 49.6. The van der Waals surface area contributed by atoms with E-state index in [0.717, 1.165) is 11.8 Å². The van der Waals surface area contributed by atoms with Crippen LogP contribution in [0.2, 0.25) is 0 Å². The smallest absolute Gasteiger partial charge is 0.320 e. The number of fused-ring (bicyclic) bond motifs is 1. The van der Waals surface area contributed by atoms with E-state index >= 15 is 0 Å². The molecule has 1 aromatic rings. The summed E-state index contributed by atoms with van der Waals surface area (Å²) >= 11 is 1.42. The second-order valence-electron chi connectivity index (χ2n) is 7.39. The summed E-state index contributed by atoms with van der Waals surface area (Å²) in [6.45, 7) is 6.22. The Kier molecular flexibility index (Phi) is 5.64. The molecule has 2 N–H and O–H groups in total. The molecule has 2 aliphatic rings. The maximum atomic E-state index is 12.7. The molecule has 12 heteroatoms. The Labute approximate surface area is 171 Å². The lowest BCUT2D eigenvalue weighted by molar-refractivity contribution is -0.385. The summed E-state index contributed by atoms with van der Waals surface area (Å²) < 4.78 is 1.17. The molecule has 0 saturated carbocycles. The van der Waals surface area contributed by atoms with Crippen LogP contribution < -0.4 is 10.6 Å². The van der Waals surface area contributed by atoms with Crippen LogP contribution in [0.25, 0.3) is 0 Å². The molecule has 0 aromatic carbocycles. The van der Waals surface area contributed by atoms with Gasteiger partial charge in [0.25, 0.3) is 17.7 Å². The van der Waals surface area contributed by atoms with Crippen LogP contribution in [0.1, 0.15) is 31.3 Å². The summed E-state index contributed by atoms with van der Waals surface area (Å²) in [7, 11) is 1.46. The number of nitrogens with one attached hydrogen (secondary N) is 2. The Morgan fingerprint density at radius 3 is 2.72 bits per heavy atom. The molecule has 1 aromatic heterocycles. The number of aryl methyl sites for hydroxylation is 1. The lowest BCUT2D eigenvalue weighted by Gasteiger charge is -2.49. The lowest BCUT2D eigenvalue weighted by Crippen LogP contribution is -2.71. The van der Waals surface area contributed by atoms with Crippen LogP contribution in [0.3, 0.4) is 0 Å². The average molecular weight is 422 g/mol. The largest absolute Gasteiger partial charge is 0.351 e. The fraction of sp³-hybridized carbons (Fsp3) is 0.529. The van der Waals surface area contributed by atoms with Crippen LogP contribution in [0, 0.1) is 16.0 Å². The molecule has 3 amide bonds. The van der Waals surface area contributed by atoms with Crippen molar-refractivity contribution in [2.24, 2.45) is 13.0 Å². The predicted octanol–water partition coefficient (Wildman–Crippen LogP) is 0.388. The van der Waals surface area contributed by atoms with Gasteiger partial charge in [-0.3, -0.25) is 34.1 Å². The zero-order valence-corrected chi connectivity index (χ0v) is 17.3. The normalized spacial score (nSPS) is 21.0. The van der Waals surface area contributed by atoms with E-state index in [4.69, 9.17) is 0 Å². The van der Waals surface area contributed by atoms with Crippen LogP contribution in [0.15, 0.2) is 17.5 Å². The number of carbonyl (C=O) groups is 3. The Balaban J connectivity index is 1.75. The molecule has 0 aliphatic carbocycles. The van der Waals surface area contributed by atoms with Gasteiger partial charge in [0, 0.05) is 19.3 Å². The maximum Gasteiger partial charge on any atom is 0.320 e. The van der Waals surface area contributed by atoms with Gasteiger partial charge in [0.05, 0.1) is 4.92 Å². The number of nitrogens with zero attached hydrogens (tertiary/aromatic N) is 4. The van der Waals surface area contributed by atoms with Crippen molar-refractivity contribution in [1.29, 1.82) is 0 Å². The molecular formula is C17H22N6O5S. The number of hydrogen-bond acceptors (Lipinski definition) is 7. The summed E-state index contributed by atoms with van der Waals surface area (Å²) in [5.74, 6) is -0.743. The third kappa shape index (κ3) is 3.84. The highest BCUT2D eigenvalue weighted by Gasteiger charge is 2.54. The van der Waals surface area contributed by atoms with Gasteiger partial charge in [0.2, 0.25) is 5.69 Å². The molecule has 29 heavy (non-hydrogen) atoms. The van der Waals surface area contributed by atoms with Crippen LogP contribution in [-0.2, 0) is 16.6 Å². The Morgan fingerprint density at radius 2 is 2.10 bits per heavy atom. The second kappa shape index (κ2) is 7.85. The fourth-order valence-electron chi connectivity index (χ4n) is 3.15. The van der Waals surface area contributed by atoms with Gasteiger partial charge in [0.1, 0.15) is 23.3 Å². The van der Waals surface area contributed by atoms with E-state index in [1.807, 2.05) is 13.8 Å². The Bertz CT molecular complexity index is 923. The number of hydrogen-bond donors (Lipinski definition) is 2. The Hall–Kier alpha value is -2.89. The van der Waals surface area contributed by atoms with Crippen molar-refractivity contribution in [3.8, 4) is 0 Å². The van der Waals surface area contributed by atoms with Gasteiger partial charge < -0.3 is 10.6 Å². The number of rotatable bonds is 6. The SMILES string of the molecule is CC1=C(C(=O)NCC(C)C)N2C(=O)[C@@H](NC(=O)c3nn(C)cc3[N+](=O)[O-])[C@H]2SC1. The average Bonchev–Trinajstić information content (AvgIpc) is 3.06. The zero-order chi connectivity index (χ0) is 21.5. The van der Waals surface area contributed by atoms with E-state index in [9.17, 15) is 24.5 Å². The van der Waals surface area contributed by atoms with Crippen LogP contribution in [0.4, 0.5) is 5.69 Å². The monoisotopic (exact) mass is 422 g/mol. The maximum absolute atomic E-state index is 12.7. The highest BCUT2D eigenvalue weighted by atomic mass is 32.2. The lowest BCUT2D eigenvalue weighted by atomic mass is 10.0. The fourth-order valence-corrected chi connectivity index (χ4v) is 4.45. The highest BCUT2D eigenvalue weighted by molar-refractivity contribution is 8.00. The van der Waals surface area contributed by atoms with E-state index in [1.165, 1.54) is 28.4 Å². The molecule has 0 unspecified atom stereocenters. The van der Waals surface area contributed by atoms with Crippen molar-refractivity contribution in [3.05, 3.63) is 33.3 Å². The number of thioether (sulfide) groups is 1. The van der Waals surface area contributed by atoms with E-state index in [2.05, 4.69) is 15.7 Å². The molecule has 1 saturated heterocycles. The minimum atomic E-state index is -0.880. The number of nitro groups is 1. The van der Waals surface area contributed by atoms with Crippen molar-refractivity contribution in [1.82, 2.24) is 25.3 Å². The van der Waals surface area contributed by atoms with Gasteiger partial charge in [-0.2, -0.15) is 5.10 Å². The van der Waals surface area contributed by atoms with Crippen molar-refractivity contribution in [2.75, 3.05) is 12.3 Å². The predicted molar refractivity (Wildman–Crippen MR) is 105 cm³/mol. The third-order valence-electron chi connectivity index (χ3n) is 4.55. The minimum Gasteiger partial charge on any atom is -0.351 e. The molecular weight excluding hydrogens is 400 g/mol. The van der Waals surface area contributed by atoms with Crippen molar-refractivity contribution >= 4 is 35.2 Å². The molecule has 0 spiro atoms. The summed E-state index contributed by atoms with van der Waals surface area (Å²) in [6.07, 6.45) is 1.13. The number of β-lactam (4-membered cyclic amide) rings is 1. The van der Waals surface area contributed by atoms with Crippen LogP contribution in [-0.4, -0.2) is 61.0 Å².